The molecule has 35 heavy (non-hydrogen) atoms. The van der Waals surface area contributed by atoms with Crippen molar-refractivity contribution in [3.8, 4) is 0 Å². The number of benzene rings is 2. The lowest BCUT2D eigenvalue weighted by atomic mass is 10.1. The molecule has 0 amide bonds. The predicted octanol–water partition coefficient (Wildman–Crippen LogP) is 4.31. The van der Waals surface area contributed by atoms with Crippen LogP contribution in [-0.2, 0) is 16.4 Å². The number of nitrogens with one attached hydrogen (secondary N) is 1. The number of likely N-dealkylation sites (N-methyl/N-ethyl adjacent to an activating group) is 1. The number of fused-ring (bicyclic) bond motifs is 1. The van der Waals surface area contributed by atoms with Crippen LogP contribution in [0.25, 0.3) is 10.9 Å². The maximum atomic E-state index is 12.8. The van der Waals surface area contributed by atoms with Gasteiger partial charge in [-0.05, 0) is 55.4 Å². The van der Waals surface area contributed by atoms with Gasteiger partial charge in [0, 0.05) is 37.3 Å². The molecule has 12 heteroatoms. The first-order chi connectivity index (χ1) is 15.3. The molecule has 1 aliphatic heterocycles. The molecule has 0 spiro atoms. The molecule has 0 bridgehead atoms. The molecular formula is C23H29Cl3N4O4S. The number of aryl methyl sites for hydroxylation is 1. The molecule has 1 aromatic heterocycles. The zero-order valence-electron chi connectivity index (χ0n) is 19.3. The summed E-state index contributed by atoms with van der Waals surface area (Å²) in [4.78, 5) is 21.1. The molecule has 0 radical (unpaired) electrons. The lowest BCUT2D eigenvalue weighted by Gasteiger charge is -2.33. The number of rotatable bonds is 6. The summed E-state index contributed by atoms with van der Waals surface area (Å²) in [6, 6.07) is 13.0. The third-order valence-corrected chi connectivity index (χ3v) is 7.14. The zero-order valence-corrected chi connectivity index (χ0v) is 22.6. The molecule has 2 N–H and O–H groups in total. The Bertz CT molecular complexity index is 1270. The normalized spacial score (nSPS) is 13.8. The molecule has 1 saturated heterocycles. The number of aromatic nitrogens is 1. The van der Waals surface area contributed by atoms with Crippen LogP contribution in [-0.4, -0.2) is 62.6 Å². The van der Waals surface area contributed by atoms with E-state index in [9.17, 15) is 18.3 Å². The Morgan fingerprint density at radius 2 is 1.63 bits per heavy atom. The highest BCUT2D eigenvalue weighted by Gasteiger charge is 2.20. The van der Waals surface area contributed by atoms with Crippen molar-refractivity contribution in [1.82, 2.24) is 9.88 Å². The van der Waals surface area contributed by atoms with Crippen molar-refractivity contribution in [3.63, 3.8) is 0 Å². The number of sulfonamides is 1. The van der Waals surface area contributed by atoms with Gasteiger partial charge < -0.3 is 14.9 Å². The van der Waals surface area contributed by atoms with Crippen molar-refractivity contribution in [2.75, 3.05) is 42.8 Å². The fourth-order valence-corrected chi connectivity index (χ4v) is 4.82. The van der Waals surface area contributed by atoms with Gasteiger partial charge in [-0.1, -0.05) is 19.1 Å². The fourth-order valence-electron chi connectivity index (χ4n) is 3.77. The third-order valence-electron chi connectivity index (χ3n) is 5.75. The number of aromatic carboxylic acids is 1. The second-order valence-electron chi connectivity index (χ2n) is 7.96. The molecule has 1 fully saturated rings. The molecule has 0 unspecified atom stereocenters. The van der Waals surface area contributed by atoms with E-state index in [0.717, 1.165) is 38.2 Å². The van der Waals surface area contributed by atoms with Crippen LogP contribution in [0.15, 0.2) is 53.4 Å². The number of hydrogen-bond donors (Lipinski definition) is 2. The van der Waals surface area contributed by atoms with E-state index in [4.69, 9.17) is 0 Å². The lowest BCUT2D eigenvalue weighted by Crippen LogP contribution is -2.44. The molecule has 0 aliphatic carbocycles. The van der Waals surface area contributed by atoms with Crippen molar-refractivity contribution >= 4 is 75.6 Å². The maximum Gasteiger partial charge on any atom is 0.336 e. The number of carbonyl (C=O) groups is 1. The van der Waals surface area contributed by atoms with Crippen LogP contribution < -0.4 is 9.62 Å². The van der Waals surface area contributed by atoms with Crippen LogP contribution in [0.1, 0.15) is 22.8 Å². The largest absolute Gasteiger partial charge is 0.478 e. The summed E-state index contributed by atoms with van der Waals surface area (Å²) in [5, 5.41) is 10.2. The van der Waals surface area contributed by atoms with Crippen LogP contribution in [0.2, 0.25) is 0 Å². The quantitative estimate of drug-likeness (QED) is 0.461. The molecule has 2 heterocycles. The van der Waals surface area contributed by atoms with Crippen LogP contribution in [0.3, 0.4) is 0 Å². The minimum absolute atomic E-state index is 0. The zero-order chi connectivity index (χ0) is 22.9. The standard InChI is InChI=1S/C23H26N4O4S.3ClH/c1-3-16-4-7-18(8-5-16)32(30,31)25-17-6-9-21-19(14-17)20(23(28)29)15-22(24-21)27-12-10-26(2)11-13-27;;;/h4-9,14-15,25H,3,10-13H2,1-2H3,(H,28,29);3*1H. The van der Waals surface area contributed by atoms with E-state index in [-0.39, 0.29) is 53.4 Å². The van der Waals surface area contributed by atoms with Crippen LogP contribution in [0.5, 0.6) is 0 Å². The molecule has 2 aromatic carbocycles. The van der Waals surface area contributed by atoms with Crippen molar-refractivity contribution in [2.45, 2.75) is 18.2 Å². The Labute approximate surface area is 224 Å². The Morgan fingerprint density at radius 1 is 1.00 bits per heavy atom. The first-order valence-electron chi connectivity index (χ1n) is 10.5. The highest BCUT2D eigenvalue weighted by Crippen LogP contribution is 2.28. The minimum Gasteiger partial charge on any atom is -0.478 e. The smallest absolute Gasteiger partial charge is 0.336 e. The monoisotopic (exact) mass is 562 g/mol. The molecule has 0 saturated carbocycles. The van der Waals surface area contributed by atoms with Crippen molar-refractivity contribution in [1.29, 1.82) is 0 Å². The second-order valence-corrected chi connectivity index (χ2v) is 9.64. The minimum atomic E-state index is -3.80. The SMILES string of the molecule is CCc1ccc(S(=O)(=O)Nc2ccc3nc(N4CCN(C)CC4)cc(C(=O)O)c3c2)cc1.Cl.Cl.Cl. The molecule has 192 valence electrons. The van der Waals surface area contributed by atoms with Gasteiger partial charge in [0.15, 0.2) is 0 Å². The second kappa shape index (κ2) is 12.6. The van der Waals surface area contributed by atoms with Gasteiger partial charge in [0.1, 0.15) is 5.82 Å². The Kier molecular flexibility index (Phi) is 11.1. The van der Waals surface area contributed by atoms with Crippen molar-refractivity contribution in [2.24, 2.45) is 0 Å². The number of pyridine rings is 1. The first-order valence-corrected chi connectivity index (χ1v) is 12.0. The summed E-state index contributed by atoms with van der Waals surface area (Å²) in [6.07, 6.45) is 0.819. The summed E-state index contributed by atoms with van der Waals surface area (Å²) in [6.45, 7) is 5.29. The number of anilines is 2. The Hall–Kier alpha value is -2.30. The van der Waals surface area contributed by atoms with Crippen LogP contribution >= 0.6 is 37.2 Å². The van der Waals surface area contributed by atoms with E-state index >= 15 is 0 Å². The summed E-state index contributed by atoms with van der Waals surface area (Å²) in [5.74, 6) is -0.463. The van der Waals surface area contributed by atoms with Crippen LogP contribution in [0, 0.1) is 0 Å². The van der Waals surface area contributed by atoms with E-state index in [0.29, 0.717) is 16.7 Å². The van der Waals surface area contributed by atoms with Gasteiger partial charge in [-0.2, -0.15) is 0 Å². The molecule has 1 aliphatic rings. The molecule has 8 nitrogen and oxygen atoms in total. The number of halogens is 3. The van der Waals surface area contributed by atoms with Gasteiger partial charge in [-0.25, -0.2) is 18.2 Å². The van der Waals surface area contributed by atoms with E-state index in [1.165, 1.54) is 6.07 Å². The summed E-state index contributed by atoms with van der Waals surface area (Å²) in [7, 11) is -1.75. The molecular weight excluding hydrogens is 535 g/mol. The number of hydrogen-bond acceptors (Lipinski definition) is 6. The number of carboxylic acid groups (broad SMARTS) is 1. The molecule has 3 aromatic rings. The van der Waals surface area contributed by atoms with Gasteiger partial charge in [0.2, 0.25) is 0 Å². The molecule has 4 rings (SSSR count). The van der Waals surface area contributed by atoms with Crippen LogP contribution in [0.4, 0.5) is 11.5 Å². The van der Waals surface area contributed by atoms with Gasteiger partial charge in [-0.3, -0.25) is 4.72 Å². The Morgan fingerprint density at radius 3 is 2.20 bits per heavy atom. The summed E-state index contributed by atoms with van der Waals surface area (Å²) in [5.41, 5.74) is 1.93. The van der Waals surface area contributed by atoms with E-state index in [1.807, 2.05) is 6.92 Å². The summed E-state index contributed by atoms with van der Waals surface area (Å²) < 4.78 is 28.1. The van der Waals surface area contributed by atoms with Crippen molar-refractivity contribution < 1.29 is 18.3 Å². The molecule has 0 atom stereocenters. The predicted molar refractivity (Wildman–Crippen MR) is 147 cm³/mol. The van der Waals surface area contributed by atoms with Gasteiger partial charge in [0.25, 0.3) is 10.0 Å². The van der Waals surface area contributed by atoms with Crippen molar-refractivity contribution in [3.05, 3.63) is 59.7 Å². The average Bonchev–Trinajstić information content (AvgIpc) is 2.78. The maximum absolute atomic E-state index is 12.8. The topological polar surface area (TPSA) is 103 Å². The average molecular weight is 564 g/mol. The highest BCUT2D eigenvalue weighted by molar-refractivity contribution is 7.92. The first kappa shape index (κ1) is 30.7. The number of carboxylic acids is 1. The van der Waals surface area contributed by atoms with Gasteiger partial charge >= 0.3 is 5.97 Å². The third kappa shape index (κ3) is 6.89. The number of nitrogens with zero attached hydrogens (tertiary/aromatic N) is 3. The van der Waals surface area contributed by atoms with E-state index in [1.54, 1.807) is 42.5 Å². The summed E-state index contributed by atoms with van der Waals surface area (Å²) >= 11 is 0. The number of piperazine rings is 1. The lowest BCUT2D eigenvalue weighted by molar-refractivity contribution is 0.0699. The van der Waals surface area contributed by atoms with E-state index in [2.05, 4.69) is 26.6 Å². The fraction of sp³-hybridized carbons (Fsp3) is 0.304. The highest BCUT2D eigenvalue weighted by atomic mass is 35.5. The van der Waals surface area contributed by atoms with Gasteiger partial charge in [0.05, 0.1) is 16.0 Å². The van der Waals surface area contributed by atoms with Gasteiger partial charge in [-0.15, -0.1) is 37.2 Å². The Balaban J connectivity index is 0.00000204. The van der Waals surface area contributed by atoms with E-state index < -0.39 is 16.0 Å².